The van der Waals surface area contributed by atoms with E-state index in [2.05, 4.69) is 22.5 Å². The molecule has 50 heavy (non-hydrogen) atoms. The van der Waals surface area contributed by atoms with Crippen LogP contribution in [0.5, 0.6) is 17.2 Å². The fraction of sp³-hybridized carbons (Fsp3) is 0.459. The minimum atomic E-state index is -0.497. The van der Waals surface area contributed by atoms with E-state index in [4.69, 9.17) is 42.1 Å². The van der Waals surface area contributed by atoms with Crippen LogP contribution in [0.4, 0.5) is 16.2 Å². The predicted octanol–water partition coefficient (Wildman–Crippen LogP) is 7.29. The van der Waals surface area contributed by atoms with Gasteiger partial charge in [-0.15, -0.1) is 0 Å². The third-order valence-electron chi connectivity index (χ3n) is 8.87. The number of carbonyl (C=O) groups is 2. The summed E-state index contributed by atoms with van der Waals surface area (Å²) in [6.07, 6.45) is 2.14. The molecule has 0 saturated carbocycles. The van der Waals surface area contributed by atoms with Crippen molar-refractivity contribution >= 4 is 46.5 Å². The molecule has 0 saturated heterocycles. The van der Waals surface area contributed by atoms with Gasteiger partial charge in [-0.3, -0.25) is 9.69 Å². The van der Waals surface area contributed by atoms with Crippen molar-refractivity contribution in [2.24, 2.45) is 5.92 Å². The van der Waals surface area contributed by atoms with Crippen LogP contribution in [0.1, 0.15) is 56.0 Å². The molecule has 3 amide bonds. The Morgan fingerprint density at radius 3 is 2.44 bits per heavy atom. The van der Waals surface area contributed by atoms with E-state index in [1.807, 2.05) is 33.0 Å². The van der Waals surface area contributed by atoms with Crippen molar-refractivity contribution in [1.29, 1.82) is 0 Å². The predicted molar refractivity (Wildman–Crippen MR) is 195 cm³/mol. The molecule has 0 unspecified atom stereocenters. The van der Waals surface area contributed by atoms with E-state index >= 15 is 0 Å². The smallest absolute Gasteiger partial charge is 0.323 e. The Labute approximate surface area is 303 Å². The van der Waals surface area contributed by atoms with Crippen LogP contribution >= 0.6 is 23.2 Å². The Balaban J connectivity index is 1.36. The first kappa shape index (κ1) is 37.5. The molecule has 3 aromatic rings. The summed E-state index contributed by atoms with van der Waals surface area (Å²) in [6, 6.07) is 14.8. The molecule has 270 valence electrons. The molecule has 0 bridgehead atoms. The van der Waals surface area contributed by atoms with Gasteiger partial charge >= 0.3 is 6.03 Å². The summed E-state index contributed by atoms with van der Waals surface area (Å²) in [5.41, 5.74) is 2.24. The van der Waals surface area contributed by atoms with Gasteiger partial charge in [-0.25, -0.2) is 4.79 Å². The summed E-state index contributed by atoms with van der Waals surface area (Å²) < 4.78 is 23.6. The molecule has 2 aliphatic heterocycles. The molecule has 0 spiro atoms. The number of halogens is 2. The van der Waals surface area contributed by atoms with Crippen LogP contribution in [-0.4, -0.2) is 85.2 Å². The van der Waals surface area contributed by atoms with E-state index in [1.165, 1.54) is 0 Å². The van der Waals surface area contributed by atoms with Gasteiger partial charge in [0.05, 0.1) is 40.5 Å². The number of hydrogen-bond acceptors (Lipinski definition) is 8. The average Bonchev–Trinajstić information content (AvgIpc) is 3.55. The molecule has 0 radical (unpaired) electrons. The zero-order chi connectivity index (χ0) is 35.8. The molecule has 13 heteroatoms. The molecule has 0 aromatic heterocycles. The molecule has 4 atom stereocenters. The second-order valence-electron chi connectivity index (χ2n) is 13.1. The first-order chi connectivity index (χ1) is 24.0. The van der Waals surface area contributed by atoms with Crippen LogP contribution in [0.3, 0.4) is 0 Å². The number of hydrogen-bond donors (Lipinski definition) is 3. The van der Waals surface area contributed by atoms with E-state index in [1.54, 1.807) is 47.4 Å². The SMILES string of the molecule is C[C@@H]1CCCCO[C@H](CN(C)Cc2ccc(Cl)c(Cl)c2)[C@@H](C)CN([C@H](C)CO)C(=O)c2cc(NC(=O)Nc3ccc4c(c3)OCO4)ccc2O1. The van der Waals surface area contributed by atoms with Crippen molar-refractivity contribution in [2.45, 2.75) is 64.8 Å². The van der Waals surface area contributed by atoms with Gasteiger partial charge < -0.3 is 39.6 Å². The summed E-state index contributed by atoms with van der Waals surface area (Å²) in [7, 11) is 2.02. The monoisotopic (exact) mass is 728 g/mol. The largest absolute Gasteiger partial charge is 0.490 e. The molecule has 0 fully saturated rings. The van der Waals surface area contributed by atoms with Gasteiger partial charge in [0.15, 0.2) is 11.5 Å². The summed E-state index contributed by atoms with van der Waals surface area (Å²) in [6.45, 7) is 7.89. The van der Waals surface area contributed by atoms with Crippen molar-refractivity contribution in [3.05, 3.63) is 75.8 Å². The van der Waals surface area contributed by atoms with Crippen molar-refractivity contribution < 1.29 is 33.6 Å². The van der Waals surface area contributed by atoms with E-state index in [0.717, 1.165) is 24.8 Å². The van der Waals surface area contributed by atoms with Crippen LogP contribution in [0.15, 0.2) is 54.6 Å². The Morgan fingerprint density at radius 1 is 0.980 bits per heavy atom. The number of urea groups is 1. The zero-order valence-corrected chi connectivity index (χ0v) is 30.4. The molecule has 2 heterocycles. The lowest BCUT2D eigenvalue weighted by Crippen LogP contribution is -2.47. The first-order valence-electron chi connectivity index (χ1n) is 16.9. The van der Waals surface area contributed by atoms with Crippen molar-refractivity contribution in [3.8, 4) is 17.2 Å². The number of carbonyl (C=O) groups excluding carboxylic acids is 2. The van der Waals surface area contributed by atoms with Crippen molar-refractivity contribution in [1.82, 2.24) is 9.80 Å². The number of amides is 3. The maximum absolute atomic E-state index is 14.4. The minimum absolute atomic E-state index is 0.0933. The van der Waals surface area contributed by atoms with Crippen LogP contribution in [0.2, 0.25) is 10.0 Å². The average molecular weight is 730 g/mol. The molecule has 3 aromatic carbocycles. The lowest BCUT2D eigenvalue weighted by atomic mass is 10.0. The normalized spacial score (nSPS) is 20.4. The highest BCUT2D eigenvalue weighted by atomic mass is 35.5. The Morgan fingerprint density at radius 2 is 1.70 bits per heavy atom. The van der Waals surface area contributed by atoms with E-state index in [-0.39, 0.29) is 43.0 Å². The van der Waals surface area contributed by atoms with Crippen LogP contribution in [0.25, 0.3) is 0 Å². The Bertz CT molecular complexity index is 1640. The lowest BCUT2D eigenvalue weighted by Gasteiger charge is -2.36. The highest BCUT2D eigenvalue weighted by Crippen LogP contribution is 2.34. The van der Waals surface area contributed by atoms with E-state index < -0.39 is 12.1 Å². The quantitative estimate of drug-likeness (QED) is 0.221. The molecule has 11 nitrogen and oxygen atoms in total. The number of anilines is 2. The topological polar surface area (TPSA) is 122 Å². The van der Waals surface area contributed by atoms with Gasteiger partial charge in [-0.2, -0.15) is 0 Å². The maximum atomic E-state index is 14.4. The Hall–Kier alpha value is -3.74. The van der Waals surface area contributed by atoms with E-state index in [9.17, 15) is 14.7 Å². The second-order valence-corrected chi connectivity index (χ2v) is 13.9. The van der Waals surface area contributed by atoms with Gasteiger partial charge in [0.2, 0.25) is 6.79 Å². The number of likely N-dealkylation sites (N-methyl/N-ethyl adjacent to an activating group) is 1. The number of benzene rings is 3. The lowest BCUT2D eigenvalue weighted by molar-refractivity contribution is -0.0177. The molecular formula is C37H46Cl2N4O7. The number of aliphatic hydroxyl groups excluding tert-OH is 1. The van der Waals surface area contributed by atoms with Gasteiger partial charge in [0.1, 0.15) is 5.75 Å². The number of ether oxygens (including phenoxy) is 4. The maximum Gasteiger partial charge on any atom is 0.323 e. The van der Waals surface area contributed by atoms with E-state index in [0.29, 0.717) is 64.9 Å². The second kappa shape index (κ2) is 17.5. The van der Waals surface area contributed by atoms with Gasteiger partial charge in [-0.1, -0.05) is 36.2 Å². The van der Waals surface area contributed by atoms with Gasteiger partial charge in [0, 0.05) is 49.6 Å². The molecular weight excluding hydrogens is 683 g/mol. The molecule has 3 N–H and O–H groups in total. The summed E-state index contributed by atoms with van der Waals surface area (Å²) in [5, 5.41) is 16.9. The molecule has 5 rings (SSSR count). The highest BCUT2D eigenvalue weighted by molar-refractivity contribution is 6.42. The van der Waals surface area contributed by atoms with Crippen LogP contribution < -0.4 is 24.8 Å². The fourth-order valence-electron chi connectivity index (χ4n) is 6.05. The van der Waals surface area contributed by atoms with Gasteiger partial charge in [0.25, 0.3) is 5.91 Å². The zero-order valence-electron chi connectivity index (χ0n) is 28.9. The number of rotatable bonds is 8. The summed E-state index contributed by atoms with van der Waals surface area (Å²) in [4.78, 5) is 31.3. The van der Waals surface area contributed by atoms with Crippen molar-refractivity contribution in [2.75, 3.05) is 50.8 Å². The fourth-order valence-corrected chi connectivity index (χ4v) is 6.37. The standard InChI is InChI=1S/C37H46Cl2N4O7/c1-23-18-43(24(2)21-44)36(45)29-16-27(40-37(46)41-28-10-13-33-34(17-28)49-22-48-33)9-12-32(29)50-25(3)7-5-6-14-47-35(23)20-42(4)19-26-8-11-30(38)31(39)15-26/h8-13,15-17,23-25,35,44H,5-7,14,18-22H2,1-4H3,(H2,40,41,46)/t23-,24+,25+,35+/m0/s1. The van der Waals surface area contributed by atoms with Crippen LogP contribution in [0, 0.1) is 5.92 Å². The first-order valence-corrected chi connectivity index (χ1v) is 17.7. The van der Waals surface area contributed by atoms with Crippen molar-refractivity contribution in [3.63, 3.8) is 0 Å². The third kappa shape index (κ3) is 9.95. The molecule has 2 aliphatic rings. The number of nitrogens with zero attached hydrogens (tertiary/aromatic N) is 2. The summed E-state index contributed by atoms with van der Waals surface area (Å²) >= 11 is 12.4. The van der Waals surface area contributed by atoms with Gasteiger partial charge in [-0.05, 0) is 88.2 Å². The number of aliphatic hydroxyl groups is 1. The third-order valence-corrected chi connectivity index (χ3v) is 9.61. The summed E-state index contributed by atoms with van der Waals surface area (Å²) in [5.74, 6) is 1.16. The number of fused-ring (bicyclic) bond motifs is 2. The highest BCUT2D eigenvalue weighted by Gasteiger charge is 2.30. The molecule has 0 aliphatic carbocycles. The minimum Gasteiger partial charge on any atom is -0.490 e. The van der Waals surface area contributed by atoms with Crippen LogP contribution in [-0.2, 0) is 11.3 Å². The Kier molecular flexibility index (Phi) is 13.1. The number of nitrogens with one attached hydrogen (secondary N) is 2.